The lowest BCUT2D eigenvalue weighted by molar-refractivity contribution is -0.212. The van der Waals surface area contributed by atoms with Gasteiger partial charge in [0.25, 0.3) is 0 Å². The molecule has 3 nitrogen and oxygen atoms in total. The Labute approximate surface area is 83.3 Å². The first-order chi connectivity index (χ1) is 6.75. The molecule has 76 valence electrons. The Hall–Kier alpha value is -1.06. The lowest BCUT2D eigenvalue weighted by Crippen LogP contribution is -2.24. The van der Waals surface area contributed by atoms with Crippen LogP contribution in [0.3, 0.4) is 0 Å². The predicted molar refractivity (Wildman–Crippen MR) is 52.0 cm³/mol. The van der Waals surface area contributed by atoms with Crippen LogP contribution in [0.1, 0.15) is 25.2 Å². The summed E-state index contributed by atoms with van der Waals surface area (Å²) in [4.78, 5) is 0. The van der Waals surface area contributed by atoms with Crippen LogP contribution in [0.2, 0.25) is 0 Å². The highest BCUT2D eigenvalue weighted by Gasteiger charge is 2.20. The molecule has 3 heteroatoms. The van der Waals surface area contributed by atoms with Gasteiger partial charge in [0.15, 0.2) is 6.29 Å². The van der Waals surface area contributed by atoms with E-state index < -0.39 is 0 Å². The third-order valence-corrected chi connectivity index (χ3v) is 2.31. The molecule has 1 aromatic rings. The predicted octanol–water partition coefficient (Wildman–Crippen LogP) is 2.22. The van der Waals surface area contributed by atoms with E-state index >= 15 is 0 Å². The fourth-order valence-electron chi connectivity index (χ4n) is 1.47. The normalized spacial score (nSPS) is 27.5. The van der Waals surface area contributed by atoms with Crippen molar-refractivity contribution in [3.05, 3.63) is 29.8 Å². The van der Waals surface area contributed by atoms with Crippen molar-refractivity contribution in [2.75, 3.05) is 6.61 Å². The molecule has 2 rings (SSSR count). The van der Waals surface area contributed by atoms with Gasteiger partial charge in [-0.15, -0.1) is 0 Å². The van der Waals surface area contributed by atoms with E-state index in [0.717, 1.165) is 18.6 Å². The summed E-state index contributed by atoms with van der Waals surface area (Å²) in [6.45, 7) is 2.77. The highest BCUT2D eigenvalue weighted by molar-refractivity contribution is 5.26. The van der Waals surface area contributed by atoms with E-state index in [0.29, 0.717) is 0 Å². The first-order valence-electron chi connectivity index (χ1n) is 4.82. The van der Waals surface area contributed by atoms with Gasteiger partial charge in [-0.3, -0.25) is 0 Å². The van der Waals surface area contributed by atoms with Gasteiger partial charge in [-0.05, 0) is 25.5 Å². The second-order valence-corrected chi connectivity index (χ2v) is 3.53. The molecule has 0 unspecified atom stereocenters. The van der Waals surface area contributed by atoms with E-state index in [1.165, 1.54) is 0 Å². The molecule has 1 N–H and O–H groups in total. The zero-order chi connectivity index (χ0) is 9.97. The molecule has 2 atom stereocenters. The average Bonchev–Trinajstić information content (AvgIpc) is 2.19. The van der Waals surface area contributed by atoms with E-state index in [4.69, 9.17) is 14.6 Å². The molecule has 1 heterocycles. The van der Waals surface area contributed by atoms with Gasteiger partial charge in [0.05, 0.1) is 12.7 Å². The molecule has 1 saturated heterocycles. The highest BCUT2D eigenvalue weighted by Crippen LogP contribution is 2.26. The maximum absolute atomic E-state index is 9.13. The van der Waals surface area contributed by atoms with Crippen molar-refractivity contribution >= 4 is 0 Å². The number of hydrogen-bond acceptors (Lipinski definition) is 3. The second kappa shape index (κ2) is 3.98. The van der Waals surface area contributed by atoms with Crippen molar-refractivity contribution in [3.63, 3.8) is 0 Å². The fourth-order valence-corrected chi connectivity index (χ4v) is 1.47. The lowest BCUT2D eigenvalue weighted by Gasteiger charge is -2.28. The molecular weight excluding hydrogens is 180 g/mol. The van der Waals surface area contributed by atoms with Gasteiger partial charge in [-0.25, -0.2) is 0 Å². The minimum Gasteiger partial charge on any atom is -0.508 e. The standard InChI is InChI=1S/C11H14O3/c1-8-6-7-13-11(14-8)9-2-4-10(12)5-3-9/h2-5,8,11-12H,6-7H2,1H3/t8-,11-/m0/s1. The minimum absolute atomic E-state index is 0.238. The summed E-state index contributed by atoms with van der Waals surface area (Å²) in [5.74, 6) is 0.262. The molecule has 1 aliphatic heterocycles. The molecule has 0 spiro atoms. The van der Waals surface area contributed by atoms with Crippen LogP contribution in [-0.2, 0) is 9.47 Å². The van der Waals surface area contributed by atoms with Gasteiger partial charge >= 0.3 is 0 Å². The third kappa shape index (κ3) is 2.05. The summed E-state index contributed by atoms with van der Waals surface area (Å²) in [7, 11) is 0. The number of aromatic hydroxyl groups is 1. The van der Waals surface area contributed by atoms with Crippen LogP contribution in [0.25, 0.3) is 0 Å². The van der Waals surface area contributed by atoms with Crippen LogP contribution in [0.15, 0.2) is 24.3 Å². The monoisotopic (exact) mass is 194 g/mol. The van der Waals surface area contributed by atoms with Crippen LogP contribution in [0.4, 0.5) is 0 Å². The van der Waals surface area contributed by atoms with Crippen molar-refractivity contribution in [2.24, 2.45) is 0 Å². The molecule has 1 fully saturated rings. The number of benzene rings is 1. The first kappa shape index (κ1) is 9.49. The summed E-state index contributed by atoms with van der Waals surface area (Å²) >= 11 is 0. The molecule has 0 bridgehead atoms. The number of rotatable bonds is 1. The Kier molecular flexibility index (Phi) is 2.70. The van der Waals surface area contributed by atoms with Gasteiger partial charge in [-0.2, -0.15) is 0 Å². The largest absolute Gasteiger partial charge is 0.508 e. The third-order valence-electron chi connectivity index (χ3n) is 2.31. The van der Waals surface area contributed by atoms with E-state index in [1.807, 2.05) is 19.1 Å². The molecule has 0 saturated carbocycles. The molecule has 0 amide bonds. The summed E-state index contributed by atoms with van der Waals surface area (Å²) in [5.41, 5.74) is 0.953. The lowest BCUT2D eigenvalue weighted by atomic mass is 10.2. The van der Waals surface area contributed by atoms with Crippen molar-refractivity contribution < 1.29 is 14.6 Å². The second-order valence-electron chi connectivity index (χ2n) is 3.53. The number of phenolic OH excluding ortho intramolecular Hbond substituents is 1. The summed E-state index contributed by atoms with van der Waals surface area (Å²) in [5, 5.41) is 9.13. The number of ether oxygens (including phenoxy) is 2. The van der Waals surface area contributed by atoms with Crippen molar-refractivity contribution in [1.29, 1.82) is 0 Å². The van der Waals surface area contributed by atoms with E-state index in [1.54, 1.807) is 12.1 Å². The first-order valence-corrected chi connectivity index (χ1v) is 4.82. The van der Waals surface area contributed by atoms with E-state index in [9.17, 15) is 0 Å². The molecule has 14 heavy (non-hydrogen) atoms. The van der Waals surface area contributed by atoms with Gasteiger partial charge in [0, 0.05) is 5.56 Å². The summed E-state index contributed by atoms with van der Waals surface area (Å²) in [6, 6.07) is 6.92. The van der Waals surface area contributed by atoms with Gasteiger partial charge in [-0.1, -0.05) is 12.1 Å². The molecular formula is C11H14O3. The minimum atomic E-state index is -0.278. The van der Waals surface area contributed by atoms with Crippen LogP contribution in [0, 0.1) is 0 Å². The van der Waals surface area contributed by atoms with Crippen LogP contribution < -0.4 is 0 Å². The molecule has 1 aliphatic rings. The van der Waals surface area contributed by atoms with Crippen LogP contribution >= 0.6 is 0 Å². The highest BCUT2D eigenvalue weighted by atomic mass is 16.7. The topological polar surface area (TPSA) is 38.7 Å². The maximum Gasteiger partial charge on any atom is 0.184 e. The number of hydrogen-bond donors (Lipinski definition) is 1. The Bertz CT molecular complexity index is 294. The van der Waals surface area contributed by atoms with Crippen molar-refractivity contribution in [1.82, 2.24) is 0 Å². The van der Waals surface area contributed by atoms with E-state index in [2.05, 4.69) is 0 Å². The summed E-state index contributed by atoms with van der Waals surface area (Å²) in [6.07, 6.45) is 0.899. The number of phenols is 1. The Morgan fingerprint density at radius 2 is 2.00 bits per heavy atom. The Balaban J connectivity index is 2.10. The Morgan fingerprint density at radius 1 is 1.29 bits per heavy atom. The quantitative estimate of drug-likeness (QED) is 0.745. The van der Waals surface area contributed by atoms with Crippen molar-refractivity contribution in [3.8, 4) is 5.75 Å². The zero-order valence-corrected chi connectivity index (χ0v) is 8.14. The zero-order valence-electron chi connectivity index (χ0n) is 8.14. The van der Waals surface area contributed by atoms with Crippen LogP contribution in [-0.4, -0.2) is 17.8 Å². The molecule has 1 aromatic carbocycles. The molecule has 0 aromatic heterocycles. The van der Waals surface area contributed by atoms with Crippen LogP contribution in [0.5, 0.6) is 5.75 Å². The van der Waals surface area contributed by atoms with Gasteiger partial charge in [0.2, 0.25) is 0 Å². The SMILES string of the molecule is C[C@H]1CCO[C@H](c2ccc(O)cc2)O1. The molecule has 0 radical (unpaired) electrons. The molecule has 0 aliphatic carbocycles. The van der Waals surface area contributed by atoms with Gasteiger partial charge in [0.1, 0.15) is 5.75 Å². The Morgan fingerprint density at radius 3 is 2.64 bits per heavy atom. The van der Waals surface area contributed by atoms with E-state index in [-0.39, 0.29) is 18.1 Å². The summed E-state index contributed by atoms with van der Waals surface area (Å²) < 4.78 is 11.1. The van der Waals surface area contributed by atoms with Gasteiger partial charge < -0.3 is 14.6 Å². The average molecular weight is 194 g/mol. The smallest absolute Gasteiger partial charge is 0.184 e. The maximum atomic E-state index is 9.13. The van der Waals surface area contributed by atoms with Crippen molar-refractivity contribution in [2.45, 2.75) is 25.7 Å². The fraction of sp³-hybridized carbons (Fsp3) is 0.455.